The fourth-order valence-electron chi connectivity index (χ4n) is 4.29. The first-order chi connectivity index (χ1) is 14.6. The molecule has 1 fully saturated rings. The SMILES string of the molecule is Cc1ccc(CCC(=O)NC2CCC(n3cc(-c4ccncn4)cn3)CC2)c(C)c1. The fraction of sp³-hybridized carbons (Fsp3) is 0.417. The van der Waals surface area contributed by atoms with Crippen molar-refractivity contribution in [3.8, 4) is 11.3 Å². The van der Waals surface area contributed by atoms with Gasteiger partial charge in [0, 0.05) is 30.4 Å². The lowest BCUT2D eigenvalue weighted by Crippen LogP contribution is -2.38. The van der Waals surface area contributed by atoms with E-state index in [2.05, 4.69) is 63.3 Å². The van der Waals surface area contributed by atoms with Crippen LogP contribution in [-0.2, 0) is 11.2 Å². The smallest absolute Gasteiger partial charge is 0.220 e. The Labute approximate surface area is 177 Å². The van der Waals surface area contributed by atoms with Crippen LogP contribution in [0.4, 0.5) is 0 Å². The topological polar surface area (TPSA) is 72.7 Å². The lowest BCUT2D eigenvalue weighted by molar-refractivity contribution is -0.122. The molecule has 0 unspecified atom stereocenters. The highest BCUT2D eigenvalue weighted by atomic mass is 16.1. The molecule has 0 atom stereocenters. The number of amides is 1. The normalized spacial score (nSPS) is 18.9. The Hall–Kier alpha value is -3.02. The molecule has 30 heavy (non-hydrogen) atoms. The van der Waals surface area contributed by atoms with Crippen molar-refractivity contribution in [2.75, 3.05) is 0 Å². The Morgan fingerprint density at radius 2 is 2.00 bits per heavy atom. The summed E-state index contributed by atoms with van der Waals surface area (Å²) in [5.41, 5.74) is 5.69. The summed E-state index contributed by atoms with van der Waals surface area (Å²) in [5, 5.41) is 7.79. The number of aromatic nitrogens is 4. The Bertz CT molecular complexity index is 990. The summed E-state index contributed by atoms with van der Waals surface area (Å²) in [5.74, 6) is 0.156. The highest BCUT2D eigenvalue weighted by Crippen LogP contribution is 2.29. The van der Waals surface area contributed by atoms with Gasteiger partial charge in [0.15, 0.2) is 0 Å². The van der Waals surface area contributed by atoms with Crippen molar-refractivity contribution < 1.29 is 4.79 Å². The van der Waals surface area contributed by atoms with Crippen LogP contribution in [0.2, 0.25) is 0 Å². The Morgan fingerprint density at radius 1 is 1.17 bits per heavy atom. The number of carbonyl (C=O) groups is 1. The van der Waals surface area contributed by atoms with Gasteiger partial charge in [0.05, 0.1) is 17.9 Å². The van der Waals surface area contributed by atoms with E-state index in [4.69, 9.17) is 0 Å². The molecule has 6 heteroatoms. The van der Waals surface area contributed by atoms with Crippen molar-refractivity contribution in [1.29, 1.82) is 0 Å². The maximum Gasteiger partial charge on any atom is 0.220 e. The zero-order valence-electron chi connectivity index (χ0n) is 17.7. The minimum absolute atomic E-state index is 0.156. The van der Waals surface area contributed by atoms with Gasteiger partial charge in [-0.2, -0.15) is 5.10 Å². The molecule has 2 heterocycles. The van der Waals surface area contributed by atoms with Crippen LogP contribution in [-0.4, -0.2) is 31.7 Å². The molecule has 4 rings (SSSR count). The minimum Gasteiger partial charge on any atom is -0.353 e. The van der Waals surface area contributed by atoms with Gasteiger partial charge in [-0.15, -0.1) is 0 Å². The van der Waals surface area contributed by atoms with E-state index in [1.807, 2.05) is 12.3 Å². The van der Waals surface area contributed by atoms with Gasteiger partial charge in [-0.1, -0.05) is 23.8 Å². The van der Waals surface area contributed by atoms with Crippen LogP contribution < -0.4 is 5.32 Å². The zero-order valence-corrected chi connectivity index (χ0v) is 17.7. The summed E-state index contributed by atoms with van der Waals surface area (Å²) in [7, 11) is 0. The Kier molecular flexibility index (Phi) is 6.21. The monoisotopic (exact) mass is 403 g/mol. The number of carbonyl (C=O) groups excluding carboxylic acids is 1. The number of nitrogens with zero attached hydrogens (tertiary/aromatic N) is 4. The number of benzene rings is 1. The van der Waals surface area contributed by atoms with Gasteiger partial charge in [-0.05, 0) is 63.1 Å². The number of rotatable bonds is 6. The van der Waals surface area contributed by atoms with E-state index in [9.17, 15) is 4.79 Å². The van der Waals surface area contributed by atoms with E-state index < -0.39 is 0 Å². The van der Waals surface area contributed by atoms with E-state index in [0.29, 0.717) is 12.5 Å². The van der Waals surface area contributed by atoms with Crippen LogP contribution in [0.15, 0.2) is 49.2 Å². The lowest BCUT2D eigenvalue weighted by atomic mass is 9.91. The molecule has 1 N–H and O–H groups in total. The average molecular weight is 404 g/mol. The van der Waals surface area contributed by atoms with Gasteiger partial charge in [0.1, 0.15) is 6.33 Å². The predicted molar refractivity (Wildman–Crippen MR) is 117 cm³/mol. The van der Waals surface area contributed by atoms with Crippen LogP contribution in [0, 0.1) is 13.8 Å². The third-order valence-electron chi connectivity index (χ3n) is 6.03. The molecule has 6 nitrogen and oxygen atoms in total. The molecular weight excluding hydrogens is 374 g/mol. The van der Waals surface area contributed by atoms with Crippen LogP contribution in [0.5, 0.6) is 0 Å². The van der Waals surface area contributed by atoms with Gasteiger partial charge in [0.25, 0.3) is 0 Å². The van der Waals surface area contributed by atoms with Crippen LogP contribution in [0.25, 0.3) is 11.3 Å². The highest BCUT2D eigenvalue weighted by molar-refractivity contribution is 5.76. The fourth-order valence-corrected chi connectivity index (χ4v) is 4.29. The quantitative estimate of drug-likeness (QED) is 0.670. The molecule has 0 radical (unpaired) electrons. The summed E-state index contributed by atoms with van der Waals surface area (Å²) in [6, 6.07) is 8.98. The van der Waals surface area contributed by atoms with Gasteiger partial charge in [-0.25, -0.2) is 9.97 Å². The molecule has 0 saturated heterocycles. The van der Waals surface area contributed by atoms with Crippen LogP contribution >= 0.6 is 0 Å². The molecule has 1 aliphatic carbocycles. The molecule has 0 bridgehead atoms. The molecule has 2 aromatic heterocycles. The van der Waals surface area contributed by atoms with Gasteiger partial charge in [-0.3, -0.25) is 9.48 Å². The predicted octanol–water partition coefficient (Wildman–Crippen LogP) is 4.19. The van der Waals surface area contributed by atoms with Gasteiger partial charge in [0.2, 0.25) is 5.91 Å². The summed E-state index contributed by atoms with van der Waals surface area (Å²) in [6.07, 6.45) is 12.6. The highest BCUT2D eigenvalue weighted by Gasteiger charge is 2.24. The third kappa shape index (κ3) is 4.93. The molecule has 156 valence electrons. The number of hydrogen-bond acceptors (Lipinski definition) is 4. The van der Waals surface area contributed by atoms with Crippen molar-refractivity contribution in [2.24, 2.45) is 0 Å². The average Bonchev–Trinajstić information content (AvgIpc) is 3.25. The first kappa shape index (κ1) is 20.3. The van der Waals surface area contributed by atoms with Crippen LogP contribution in [0.3, 0.4) is 0 Å². The summed E-state index contributed by atoms with van der Waals surface area (Å²) in [4.78, 5) is 20.7. The molecule has 1 aliphatic rings. The maximum atomic E-state index is 12.4. The number of hydrogen-bond donors (Lipinski definition) is 1. The second-order valence-electron chi connectivity index (χ2n) is 8.31. The lowest BCUT2D eigenvalue weighted by Gasteiger charge is -2.29. The molecule has 0 aliphatic heterocycles. The second kappa shape index (κ2) is 9.20. The molecular formula is C24H29N5O. The standard InChI is InChI=1S/C24H29N5O/c1-17-3-4-19(18(2)13-17)5-10-24(30)28-21-6-8-22(9-7-21)29-15-20(14-27-29)23-11-12-25-16-26-23/h3-4,11-16,21-22H,5-10H2,1-2H3,(H,28,30). The first-order valence-electron chi connectivity index (χ1n) is 10.7. The van der Waals surface area contributed by atoms with E-state index >= 15 is 0 Å². The van der Waals surface area contributed by atoms with Crippen molar-refractivity contribution in [3.05, 3.63) is 65.9 Å². The molecule has 1 amide bonds. The first-order valence-corrected chi connectivity index (χ1v) is 10.7. The van der Waals surface area contributed by atoms with Crippen molar-refractivity contribution >= 4 is 5.91 Å². The van der Waals surface area contributed by atoms with E-state index in [0.717, 1.165) is 43.4 Å². The van der Waals surface area contributed by atoms with Crippen LogP contribution in [0.1, 0.15) is 54.8 Å². The van der Waals surface area contributed by atoms with Crippen molar-refractivity contribution in [1.82, 2.24) is 25.1 Å². The largest absolute Gasteiger partial charge is 0.353 e. The summed E-state index contributed by atoms with van der Waals surface area (Å²) >= 11 is 0. The van der Waals surface area contributed by atoms with E-state index in [-0.39, 0.29) is 11.9 Å². The molecule has 3 aromatic rings. The van der Waals surface area contributed by atoms with Gasteiger partial charge < -0.3 is 5.32 Å². The molecule has 1 saturated carbocycles. The summed E-state index contributed by atoms with van der Waals surface area (Å²) in [6.45, 7) is 4.22. The number of nitrogens with one attached hydrogen (secondary N) is 1. The molecule has 0 spiro atoms. The van der Waals surface area contributed by atoms with Gasteiger partial charge >= 0.3 is 0 Å². The molecule has 1 aromatic carbocycles. The third-order valence-corrected chi connectivity index (χ3v) is 6.03. The second-order valence-corrected chi connectivity index (χ2v) is 8.31. The minimum atomic E-state index is 0.156. The van der Waals surface area contributed by atoms with Crippen molar-refractivity contribution in [3.63, 3.8) is 0 Å². The Morgan fingerprint density at radius 3 is 2.73 bits per heavy atom. The maximum absolute atomic E-state index is 12.4. The number of aryl methyl sites for hydroxylation is 3. The summed E-state index contributed by atoms with van der Waals surface area (Å²) < 4.78 is 2.05. The van der Waals surface area contributed by atoms with Crippen molar-refractivity contribution in [2.45, 2.75) is 64.5 Å². The van der Waals surface area contributed by atoms with E-state index in [1.54, 1.807) is 12.5 Å². The van der Waals surface area contributed by atoms with E-state index in [1.165, 1.54) is 16.7 Å². The zero-order chi connectivity index (χ0) is 20.9. The Balaban J connectivity index is 1.24.